The molecule has 10 nitrogen and oxygen atoms in total. The SMILES string of the molecule is CC(C)[C@H](NC(=O)OC(C)(C)C)C(=O)N[C@@H](Cc1ccccc1)[C@H](O)C(=O)N1CSC(C)(C)[C@H]1C(=O)NC(C)(C)C. The number of carbonyl (C=O) groups is 4. The zero-order valence-corrected chi connectivity index (χ0v) is 26.8. The van der Waals surface area contributed by atoms with Gasteiger partial charge in [-0.05, 0) is 73.3 Å². The number of rotatable bonds is 9. The molecule has 0 saturated carbocycles. The number of amides is 4. The van der Waals surface area contributed by atoms with Crippen molar-refractivity contribution in [3.8, 4) is 0 Å². The van der Waals surface area contributed by atoms with Gasteiger partial charge in [0.05, 0.1) is 11.9 Å². The molecule has 0 aromatic heterocycles. The molecule has 4 N–H and O–H groups in total. The van der Waals surface area contributed by atoms with E-state index in [1.807, 2.05) is 65.0 Å². The van der Waals surface area contributed by atoms with Crippen molar-refractivity contribution in [2.24, 2.45) is 5.92 Å². The lowest BCUT2D eigenvalue weighted by molar-refractivity contribution is -0.148. The zero-order chi connectivity index (χ0) is 31.3. The molecule has 0 unspecified atom stereocenters. The van der Waals surface area contributed by atoms with E-state index in [-0.39, 0.29) is 24.1 Å². The van der Waals surface area contributed by atoms with E-state index >= 15 is 0 Å². The van der Waals surface area contributed by atoms with Crippen LogP contribution < -0.4 is 16.0 Å². The Balaban J connectivity index is 2.34. The minimum absolute atomic E-state index is 0.153. The predicted octanol–water partition coefficient (Wildman–Crippen LogP) is 3.22. The minimum atomic E-state index is -1.65. The molecular formula is C30H48N4O6S. The maximum atomic E-state index is 13.8. The van der Waals surface area contributed by atoms with Crippen molar-refractivity contribution in [2.75, 3.05) is 5.88 Å². The Morgan fingerprint density at radius 1 is 1.05 bits per heavy atom. The van der Waals surface area contributed by atoms with Gasteiger partial charge >= 0.3 is 6.09 Å². The van der Waals surface area contributed by atoms with Crippen LogP contribution in [-0.4, -0.2) is 79.8 Å². The van der Waals surface area contributed by atoms with E-state index in [1.54, 1.807) is 34.6 Å². The number of ether oxygens (including phenoxy) is 1. The Labute approximate surface area is 248 Å². The van der Waals surface area contributed by atoms with E-state index in [2.05, 4.69) is 16.0 Å². The summed E-state index contributed by atoms with van der Waals surface area (Å²) in [7, 11) is 0. The topological polar surface area (TPSA) is 137 Å². The maximum Gasteiger partial charge on any atom is 0.408 e. The van der Waals surface area contributed by atoms with Crippen LogP contribution in [-0.2, 0) is 25.5 Å². The Hall–Kier alpha value is -2.79. The second-order valence-electron chi connectivity index (χ2n) is 13.4. The number of alkyl carbamates (subject to hydrolysis) is 1. The van der Waals surface area contributed by atoms with Crippen LogP contribution in [0, 0.1) is 5.92 Å². The van der Waals surface area contributed by atoms with Crippen LogP contribution in [0.5, 0.6) is 0 Å². The quantitative estimate of drug-likeness (QED) is 0.346. The van der Waals surface area contributed by atoms with Gasteiger partial charge in [0.1, 0.15) is 17.7 Å². The molecule has 0 aliphatic carbocycles. The van der Waals surface area contributed by atoms with Crippen molar-refractivity contribution >= 4 is 35.6 Å². The van der Waals surface area contributed by atoms with Crippen molar-refractivity contribution in [2.45, 2.75) is 116 Å². The summed E-state index contributed by atoms with van der Waals surface area (Å²) in [5, 5.41) is 19.8. The minimum Gasteiger partial charge on any atom is -0.444 e. The largest absolute Gasteiger partial charge is 0.444 e. The molecule has 1 aliphatic rings. The van der Waals surface area contributed by atoms with Crippen LogP contribution in [0.4, 0.5) is 4.79 Å². The first-order valence-electron chi connectivity index (χ1n) is 14.0. The number of thioether (sulfide) groups is 1. The number of aliphatic hydroxyl groups is 1. The third-order valence-electron chi connectivity index (χ3n) is 6.46. The first-order chi connectivity index (χ1) is 18.7. The van der Waals surface area contributed by atoms with Crippen LogP contribution in [0.25, 0.3) is 0 Å². The first-order valence-corrected chi connectivity index (χ1v) is 15.0. The maximum absolute atomic E-state index is 13.8. The number of carbonyl (C=O) groups excluding carboxylic acids is 4. The number of aliphatic hydroxyl groups excluding tert-OH is 1. The van der Waals surface area contributed by atoms with Crippen LogP contribution in [0.3, 0.4) is 0 Å². The lowest BCUT2D eigenvalue weighted by Gasteiger charge is -2.35. The van der Waals surface area contributed by atoms with Gasteiger partial charge in [0, 0.05) is 10.3 Å². The summed E-state index contributed by atoms with van der Waals surface area (Å²) in [6, 6.07) is 6.36. The standard InChI is InChI=1S/C30H48N4O6S/c1-18(2)21(32-27(39)40-29(6,7)8)24(36)31-20(16-19-14-12-11-13-15-19)22(35)26(38)34-17-41-30(9,10)23(34)25(37)33-28(3,4)5/h11-15,18,20-23,35H,16-17H2,1-10H3,(H,31,36)(H,32,39)(H,33,37)/t20-,21-,22-,23+/m0/s1. The molecule has 1 aliphatic heterocycles. The van der Waals surface area contributed by atoms with E-state index < -0.39 is 58.0 Å². The van der Waals surface area contributed by atoms with E-state index in [9.17, 15) is 24.3 Å². The van der Waals surface area contributed by atoms with Crippen molar-refractivity contribution in [1.82, 2.24) is 20.9 Å². The highest BCUT2D eigenvalue weighted by atomic mass is 32.2. The average Bonchev–Trinajstić information content (AvgIpc) is 3.14. The van der Waals surface area contributed by atoms with Gasteiger partial charge in [0.2, 0.25) is 11.8 Å². The summed E-state index contributed by atoms with van der Waals surface area (Å²) in [4.78, 5) is 54.4. The fourth-order valence-corrected chi connectivity index (χ4v) is 5.68. The molecule has 1 aromatic rings. The van der Waals surface area contributed by atoms with Crippen LogP contribution in [0.1, 0.15) is 74.8 Å². The number of nitrogens with zero attached hydrogens (tertiary/aromatic N) is 1. The summed E-state index contributed by atoms with van der Waals surface area (Å²) < 4.78 is 4.74. The molecule has 2 rings (SSSR count). The smallest absolute Gasteiger partial charge is 0.408 e. The lowest BCUT2D eigenvalue weighted by atomic mass is 9.95. The van der Waals surface area contributed by atoms with Crippen LogP contribution in [0.2, 0.25) is 0 Å². The van der Waals surface area contributed by atoms with Gasteiger partial charge in [0.15, 0.2) is 6.10 Å². The molecule has 1 aromatic carbocycles. The second kappa shape index (κ2) is 13.5. The third-order valence-corrected chi connectivity index (χ3v) is 7.83. The van der Waals surface area contributed by atoms with E-state index in [1.165, 1.54) is 16.7 Å². The number of hydrogen-bond donors (Lipinski definition) is 4. The van der Waals surface area contributed by atoms with Crippen molar-refractivity contribution in [3.63, 3.8) is 0 Å². The van der Waals surface area contributed by atoms with E-state index in [0.29, 0.717) is 0 Å². The zero-order valence-electron chi connectivity index (χ0n) is 26.0. The van der Waals surface area contributed by atoms with Gasteiger partial charge in [-0.2, -0.15) is 0 Å². The highest BCUT2D eigenvalue weighted by molar-refractivity contribution is 8.00. The van der Waals surface area contributed by atoms with Crippen LogP contribution in [0.15, 0.2) is 30.3 Å². The molecule has 4 amide bonds. The predicted molar refractivity (Wildman–Crippen MR) is 161 cm³/mol. The Kier molecular flexibility index (Phi) is 11.3. The van der Waals surface area contributed by atoms with E-state index in [0.717, 1.165) is 5.56 Å². The van der Waals surface area contributed by atoms with Crippen molar-refractivity contribution in [3.05, 3.63) is 35.9 Å². The highest BCUT2D eigenvalue weighted by Crippen LogP contribution is 2.40. The summed E-state index contributed by atoms with van der Waals surface area (Å²) in [6.07, 6.45) is -2.24. The molecule has 1 fully saturated rings. The fourth-order valence-electron chi connectivity index (χ4n) is 4.54. The van der Waals surface area contributed by atoms with Gasteiger partial charge in [0.25, 0.3) is 5.91 Å². The molecule has 11 heteroatoms. The Morgan fingerprint density at radius 2 is 1.63 bits per heavy atom. The summed E-state index contributed by atoms with van der Waals surface area (Å²) in [5.41, 5.74) is -0.466. The molecular weight excluding hydrogens is 544 g/mol. The van der Waals surface area contributed by atoms with Gasteiger partial charge < -0.3 is 30.7 Å². The normalized spacial score (nSPS) is 19.2. The van der Waals surface area contributed by atoms with Gasteiger partial charge in [-0.25, -0.2) is 4.79 Å². The molecule has 0 bridgehead atoms. The van der Waals surface area contributed by atoms with Gasteiger partial charge in [-0.15, -0.1) is 11.8 Å². The Bertz CT molecular complexity index is 1080. The molecule has 230 valence electrons. The molecule has 0 radical (unpaired) electrons. The fraction of sp³-hybridized carbons (Fsp3) is 0.667. The van der Waals surface area contributed by atoms with Crippen molar-refractivity contribution in [1.29, 1.82) is 0 Å². The van der Waals surface area contributed by atoms with E-state index in [4.69, 9.17) is 4.74 Å². The number of benzene rings is 1. The molecule has 1 saturated heterocycles. The second-order valence-corrected chi connectivity index (χ2v) is 15.0. The molecule has 41 heavy (non-hydrogen) atoms. The van der Waals surface area contributed by atoms with Gasteiger partial charge in [-0.1, -0.05) is 44.2 Å². The summed E-state index contributed by atoms with van der Waals surface area (Å²) in [5.74, 6) is -1.62. The molecule has 1 heterocycles. The molecule has 4 atom stereocenters. The highest BCUT2D eigenvalue weighted by Gasteiger charge is 2.50. The first kappa shape index (κ1) is 34.4. The summed E-state index contributed by atoms with van der Waals surface area (Å²) in [6.45, 7) is 18.1. The third kappa shape index (κ3) is 10.2. The van der Waals surface area contributed by atoms with Crippen LogP contribution >= 0.6 is 11.8 Å². The number of hydrogen-bond acceptors (Lipinski definition) is 7. The number of nitrogens with one attached hydrogen (secondary N) is 3. The Morgan fingerprint density at radius 3 is 2.15 bits per heavy atom. The van der Waals surface area contributed by atoms with Crippen molar-refractivity contribution < 1.29 is 29.0 Å². The summed E-state index contributed by atoms with van der Waals surface area (Å²) >= 11 is 1.45. The monoisotopic (exact) mass is 592 g/mol. The molecule has 0 spiro atoms. The lowest BCUT2D eigenvalue weighted by Crippen LogP contribution is -2.61. The van der Waals surface area contributed by atoms with Gasteiger partial charge in [-0.3, -0.25) is 14.4 Å². The average molecular weight is 593 g/mol.